The molecule has 0 aromatic heterocycles. The molecule has 1 aliphatic heterocycles. The minimum Gasteiger partial charge on any atom is -0.444 e. The van der Waals surface area contributed by atoms with E-state index in [4.69, 9.17) is 4.74 Å². The summed E-state index contributed by atoms with van der Waals surface area (Å²) >= 11 is 0. The lowest BCUT2D eigenvalue weighted by Crippen LogP contribution is -2.42. The van der Waals surface area contributed by atoms with Crippen LogP contribution in [0.5, 0.6) is 0 Å². The van der Waals surface area contributed by atoms with Gasteiger partial charge < -0.3 is 25.6 Å². The van der Waals surface area contributed by atoms with Gasteiger partial charge in [0.2, 0.25) is 0 Å². The Kier molecular flexibility index (Phi) is 8.95. The first-order valence-electron chi connectivity index (χ1n) is 10.6. The van der Waals surface area contributed by atoms with Crippen molar-refractivity contribution in [3.63, 3.8) is 0 Å². The third kappa shape index (κ3) is 8.31. The van der Waals surface area contributed by atoms with Gasteiger partial charge >= 0.3 is 6.09 Å². The van der Waals surface area contributed by atoms with Crippen molar-refractivity contribution in [1.29, 1.82) is 0 Å². The number of nitrogens with zero attached hydrogens (tertiary/aromatic N) is 2. The topological polar surface area (TPSA) is 95.1 Å². The lowest BCUT2D eigenvalue weighted by Gasteiger charge is -2.26. The van der Waals surface area contributed by atoms with E-state index in [0.29, 0.717) is 25.6 Å². The number of alkyl carbamates (subject to hydrolysis) is 1. The third-order valence-corrected chi connectivity index (χ3v) is 4.61. The Hall–Kier alpha value is -2.77. The number of benzene rings is 1. The van der Waals surface area contributed by atoms with E-state index in [1.54, 1.807) is 7.05 Å². The molecule has 8 nitrogen and oxygen atoms in total. The molecule has 1 aromatic rings. The van der Waals surface area contributed by atoms with E-state index < -0.39 is 11.7 Å². The number of amides is 2. The highest BCUT2D eigenvalue weighted by Crippen LogP contribution is 2.14. The van der Waals surface area contributed by atoms with Gasteiger partial charge in [0, 0.05) is 45.3 Å². The molecular formula is C22H35N5O3. The molecule has 1 fully saturated rings. The minimum atomic E-state index is -0.511. The van der Waals surface area contributed by atoms with E-state index in [2.05, 4.69) is 20.9 Å². The van der Waals surface area contributed by atoms with Crippen molar-refractivity contribution >= 4 is 18.0 Å². The molecule has 2 amide bonds. The zero-order valence-corrected chi connectivity index (χ0v) is 18.6. The summed E-state index contributed by atoms with van der Waals surface area (Å²) in [7, 11) is 1.69. The second-order valence-corrected chi connectivity index (χ2v) is 8.33. The first-order chi connectivity index (χ1) is 14.3. The number of nitrogens with one attached hydrogen (secondary N) is 3. The fourth-order valence-electron chi connectivity index (χ4n) is 3.11. The summed E-state index contributed by atoms with van der Waals surface area (Å²) in [5.74, 6) is 0.749. The Morgan fingerprint density at radius 3 is 2.23 bits per heavy atom. The number of hydrogen-bond acceptors (Lipinski definition) is 4. The van der Waals surface area contributed by atoms with Crippen LogP contribution in [0.1, 0.15) is 56.0 Å². The van der Waals surface area contributed by atoms with Crippen molar-refractivity contribution in [2.75, 3.05) is 33.2 Å². The molecule has 1 saturated heterocycles. The van der Waals surface area contributed by atoms with E-state index >= 15 is 0 Å². The molecule has 0 radical (unpaired) electrons. The number of aliphatic imine (C=N–C) groups is 1. The van der Waals surface area contributed by atoms with Gasteiger partial charge in [-0.2, -0.15) is 0 Å². The van der Waals surface area contributed by atoms with Gasteiger partial charge in [-0.05, 0) is 57.7 Å². The molecule has 1 aromatic carbocycles. The van der Waals surface area contributed by atoms with Crippen LogP contribution >= 0.6 is 0 Å². The fourth-order valence-corrected chi connectivity index (χ4v) is 3.11. The monoisotopic (exact) mass is 417 g/mol. The highest BCUT2D eigenvalue weighted by molar-refractivity contribution is 5.94. The summed E-state index contributed by atoms with van der Waals surface area (Å²) in [4.78, 5) is 30.3. The van der Waals surface area contributed by atoms with Gasteiger partial charge in [0.15, 0.2) is 5.96 Å². The van der Waals surface area contributed by atoms with Crippen LogP contribution in [-0.2, 0) is 11.3 Å². The summed E-state index contributed by atoms with van der Waals surface area (Å²) in [5.41, 5.74) is 1.28. The molecule has 0 saturated carbocycles. The maximum atomic E-state index is 12.5. The molecule has 166 valence electrons. The maximum Gasteiger partial charge on any atom is 0.407 e. The van der Waals surface area contributed by atoms with Crippen molar-refractivity contribution in [3.8, 4) is 0 Å². The zero-order chi connectivity index (χ0) is 22.0. The largest absolute Gasteiger partial charge is 0.444 e. The number of piperidine rings is 1. The van der Waals surface area contributed by atoms with Gasteiger partial charge in [-0.25, -0.2) is 4.79 Å². The van der Waals surface area contributed by atoms with Crippen LogP contribution in [0.3, 0.4) is 0 Å². The Bertz CT molecular complexity index is 719. The van der Waals surface area contributed by atoms with Crippen molar-refractivity contribution in [1.82, 2.24) is 20.9 Å². The number of hydrogen-bond donors (Lipinski definition) is 3. The number of likely N-dealkylation sites (tertiary alicyclic amines) is 1. The van der Waals surface area contributed by atoms with E-state index in [-0.39, 0.29) is 5.91 Å². The second kappa shape index (κ2) is 11.4. The van der Waals surface area contributed by atoms with Crippen LogP contribution in [0.25, 0.3) is 0 Å². The first kappa shape index (κ1) is 23.5. The zero-order valence-electron chi connectivity index (χ0n) is 18.6. The average Bonchev–Trinajstić information content (AvgIpc) is 2.72. The van der Waals surface area contributed by atoms with Crippen molar-refractivity contribution < 1.29 is 14.3 Å². The van der Waals surface area contributed by atoms with Crippen molar-refractivity contribution in [3.05, 3.63) is 35.4 Å². The van der Waals surface area contributed by atoms with Gasteiger partial charge in [-0.15, -0.1) is 0 Å². The molecule has 0 aliphatic carbocycles. The van der Waals surface area contributed by atoms with Crippen LogP contribution in [-0.4, -0.2) is 61.7 Å². The van der Waals surface area contributed by atoms with E-state index in [1.807, 2.05) is 49.9 Å². The molecule has 0 spiro atoms. The van der Waals surface area contributed by atoms with Gasteiger partial charge in [0.05, 0.1) is 0 Å². The maximum absolute atomic E-state index is 12.5. The molecule has 3 N–H and O–H groups in total. The van der Waals surface area contributed by atoms with E-state index in [9.17, 15) is 9.59 Å². The first-order valence-corrected chi connectivity index (χ1v) is 10.6. The summed E-state index contributed by atoms with van der Waals surface area (Å²) in [6.07, 6.45) is 2.95. The lowest BCUT2D eigenvalue weighted by atomic mass is 10.1. The van der Waals surface area contributed by atoms with Crippen molar-refractivity contribution in [2.45, 2.75) is 52.2 Å². The Labute approximate surface area is 179 Å². The average molecular weight is 418 g/mol. The number of guanidine groups is 1. The van der Waals surface area contributed by atoms with Crippen molar-refractivity contribution in [2.24, 2.45) is 4.99 Å². The Balaban J connectivity index is 1.71. The van der Waals surface area contributed by atoms with Gasteiger partial charge in [-0.1, -0.05) is 12.1 Å². The van der Waals surface area contributed by atoms with Gasteiger partial charge in [0.25, 0.3) is 5.91 Å². The number of carbonyl (C=O) groups is 2. The summed E-state index contributed by atoms with van der Waals surface area (Å²) in [6, 6.07) is 7.69. The molecule has 2 rings (SSSR count). The molecule has 30 heavy (non-hydrogen) atoms. The lowest BCUT2D eigenvalue weighted by molar-refractivity contribution is 0.0528. The summed E-state index contributed by atoms with van der Waals surface area (Å²) in [6.45, 7) is 8.70. The summed E-state index contributed by atoms with van der Waals surface area (Å²) < 4.78 is 5.19. The normalized spacial score (nSPS) is 14.8. The van der Waals surface area contributed by atoms with Crippen LogP contribution in [0.2, 0.25) is 0 Å². The van der Waals surface area contributed by atoms with Crippen LogP contribution in [0.4, 0.5) is 4.79 Å². The van der Waals surface area contributed by atoms with E-state index in [0.717, 1.165) is 37.1 Å². The third-order valence-electron chi connectivity index (χ3n) is 4.61. The molecule has 0 unspecified atom stereocenters. The van der Waals surface area contributed by atoms with Crippen LogP contribution < -0.4 is 16.0 Å². The molecular weight excluding hydrogens is 382 g/mol. The number of ether oxygens (including phenoxy) is 1. The SMILES string of the molecule is CN=C(NCCNC(=O)OC(C)(C)C)NCc1ccc(C(=O)N2CCCCC2)cc1. The Morgan fingerprint density at radius 2 is 1.63 bits per heavy atom. The Morgan fingerprint density at radius 1 is 1.00 bits per heavy atom. The van der Waals surface area contributed by atoms with Crippen LogP contribution in [0, 0.1) is 0 Å². The predicted octanol–water partition coefficient (Wildman–Crippen LogP) is 2.50. The number of rotatable bonds is 6. The highest BCUT2D eigenvalue weighted by atomic mass is 16.6. The molecule has 1 aliphatic rings. The van der Waals surface area contributed by atoms with Gasteiger partial charge in [-0.3, -0.25) is 9.79 Å². The van der Waals surface area contributed by atoms with Gasteiger partial charge in [0.1, 0.15) is 5.60 Å². The minimum absolute atomic E-state index is 0.115. The molecule has 0 atom stereocenters. The summed E-state index contributed by atoms with van der Waals surface area (Å²) in [5, 5.41) is 9.06. The standard InChI is InChI=1S/C22H35N5O3/c1-22(2,3)30-21(29)25-13-12-24-20(23-4)26-16-17-8-10-18(11-9-17)19(28)27-14-6-5-7-15-27/h8-11H,5-7,12-16H2,1-4H3,(H,25,29)(H2,23,24,26). The fraction of sp³-hybridized carbons (Fsp3) is 0.591. The molecule has 8 heteroatoms. The highest BCUT2D eigenvalue weighted by Gasteiger charge is 2.18. The molecule has 1 heterocycles. The smallest absolute Gasteiger partial charge is 0.407 e. The number of carbonyl (C=O) groups excluding carboxylic acids is 2. The molecule has 0 bridgehead atoms. The quantitative estimate of drug-likeness (QED) is 0.376. The van der Waals surface area contributed by atoms with Crippen LogP contribution in [0.15, 0.2) is 29.3 Å². The van der Waals surface area contributed by atoms with E-state index in [1.165, 1.54) is 6.42 Å². The second-order valence-electron chi connectivity index (χ2n) is 8.33. The predicted molar refractivity (Wildman–Crippen MR) is 119 cm³/mol.